The van der Waals surface area contributed by atoms with Gasteiger partial charge in [0.05, 0.1) is 32.3 Å². The highest BCUT2D eigenvalue weighted by atomic mass is 32.2. The van der Waals surface area contributed by atoms with Crippen molar-refractivity contribution < 1.29 is 23.8 Å². The van der Waals surface area contributed by atoms with Gasteiger partial charge in [-0.1, -0.05) is 12.1 Å². The van der Waals surface area contributed by atoms with Gasteiger partial charge < -0.3 is 24.4 Å². The summed E-state index contributed by atoms with van der Waals surface area (Å²) in [4.78, 5) is 31.4. The number of nitrogens with zero attached hydrogens (tertiary/aromatic N) is 2. The maximum absolute atomic E-state index is 13.5. The van der Waals surface area contributed by atoms with Crippen molar-refractivity contribution in [2.75, 3.05) is 59.4 Å². The van der Waals surface area contributed by atoms with Crippen LogP contribution in [0.3, 0.4) is 0 Å². The van der Waals surface area contributed by atoms with E-state index in [0.29, 0.717) is 28.7 Å². The van der Waals surface area contributed by atoms with Crippen molar-refractivity contribution in [1.29, 1.82) is 0 Å². The van der Waals surface area contributed by atoms with E-state index in [1.54, 1.807) is 36.9 Å². The van der Waals surface area contributed by atoms with Crippen molar-refractivity contribution in [1.82, 2.24) is 15.1 Å². The summed E-state index contributed by atoms with van der Waals surface area (Å²) in [5.74, 6) is 1.52. The maximum Gasteiger partial charge on any atom is 0.265 e. The number of ether oxygens (including phenoxy) is 3. The first kappa shape index (κ1) is 24.8. The van der Waals surface area contributed by atoms with Crippen LogP contribution in [0.1, 0.15) is 27.0 Å². The van der Waals surface area contributed by atoms with Crippen LogP contribution >= 0.6 is 23.1 Å². The van der Waals surface area contributed by atoms with E-state index in [9.17, 15) is 9.59 Å². The van der Waals surface area contributed by atoms with E-state index in [2.05, 4.69) is 10.2 Å². The van der Waals surface area contributed by atoms with Crippen molar-refractivity contribution in [3.63, 3.8) is 0 Å². The van der Waals surface area contributed by atoms with Gasteiger partial charge in [0.2, 0.25) is 5.91 Å². The third kappa shape index (κ3) is 5.68. The molecule has 0 spiro atoms. The highest BCUT2D eigenvalue weighted by Crippen LogP contribution is 2.44. The van der Waals surface area contributed by atoms with Crippen molar-refractivity contribution in [2.24, 2.45) is 0 Å². The van der Waals surface area contributed by atoms with Gasteiger partial charge >= 0.3 is 0 Å². The van der Waals surface area contributed by atoms with Gasteiger partial charge in [0, 0.05) is 25.4 Å². The molecule has 1 aromatic heterocycles. The second kappa shape index (κ2) is 11.9. The smallest absolute Gasteiger partial charge is 0.265 e. The summed E-state index contributed by atoms with van der Waals surface area (Å²) >= 11 is 2.98. The summed E-state index contributed by atoms with van der Waals surface area (Å²) in [5.41, 5.74) is 0.898. The first-order chi connectivity index (χ1) is 16.6. The molecule has 2 unspecified atom stereocenters. The van der Waals surface area contributed by atoms with Crippen LogP contribution in [-0.2, 0) is 9.53 Å². The molecule has 0 bridgehead atoms. The van der Waals surface area contributed by atoms with Crippen molar-refractivity contribution in [3.8, 4) is 11.5 Å². The number of rotatable bonds is 9. The summed E-state index contributed by atoms with van der Waals surface area (Å²) in [5, 5.41) is 4.65. The Morgan fingerprint density at radius 2 is 1.94 bits per heavy atom. The molecule has 2 amide bonds. The number of nitrogens with one attached hydrogen (secondary N) is 1. The third-order valence-corrected chi connectivity index (χ3v) is 8.20. The largest absolute Gasteiger partial charge is 0.493 e. The molecule has 184 valence electrons. The zero-order chi connectivity index (χ0) is 23.9. The number of benzene rings is 1. The number of carbonyl (C=O) groups is 2. The molecule has 2 saturated heterocycles. The minimum Gasteiger partial charge on any atom is -0.493 e. The van der Waals surface area contributed by atoms with Gasteiger partial charge in [-0.2, -0.15) is 0 Å². The van der Waals surface area contributed by atoms with Gasteiger partial charge in [-0.25, -0.2) is 0 Å². The van der Waals surface area contributed by atoms with Gasteiger partial charge in [0.15, 0.2) is 11.5 Å². The number of methoxy groups -OCH3 is 2. The molecule has 4 rings (SSSR count). The highest BCUT2D eigenvalue weighted by molar-refractivity contribution is 7.99. The molecule has 1 aromatic carbocycles. The lowest BCUT2D eigenvalue weighted by molar-refractivity contribution is -0.124. The lowest BCUT2D eigenvalue weighted by atomic mass is 10.1. The lowest BCUT2D eigenvalue weighted by Crippen LogP contribution is -2.48. The fraction of sp³-hybridized carbons (Fsp3) is 0.500. The number of hydrogen-bond donors (Lipinski definition) is 1. The Kier molecular flexibility index (Phi) is 8.71. The average molecular weight is 506 g/mol. The Labute approximate surface area is 208 Å². The van der Waals surface area contributed by atoms with Crippen molar-refractivity contribution in [2.45, 2.75) is 17.8 Å². The zero-order valence-corrected chi connectivity index (χ0v) is 21.2. The number of amides is 2. The van der Waals surface area contributed by atoms with Crippen LogP contribution in [0.15, 0.2) is 35.7 Å². The minimum absolute atomic E-state index is 0.109. The van der Waals surface area contributed by atoms with Crippen LogP contribution in [0.4, 0.5) is 0 Å². The summed E-state index contributed by atoms with van der Waals surface area (Å²) < 4.78 is 16.2. The van der Waals surface area contributed by atoms with Gasteiger partial charge in [-0.3, -0.25) is 14.5 Å². The molecule has 2 aliphatic rings. The van der Waals surface area contributed by atoms with E-state index in [1.165, 1.54) is 11.3 Å². The average Bonchev–Trinajstić information content (AvgIpc) is 3.57. The molecule has 3 heterocycles. The molecule has 1 N–H and O–H groups in total. The second-order valence-corrected chi connectivity index (χ2v) is 10.2. The van der Waals surface area contributed by atoms with E-state index in [1.807, 2.05) is 29.6 Å². The molecule has 0 radical (unpaired) electrons. The first-order valence-corrected chi connectivity index (χ1v) is 13.3. The molecule has 34 heavy (non-hydrogen) atoms. The monoisotopic (exact) mass is 505 g/mol. The maximum atomic E-state index is 13.5. The third-order valence-electron chi connectivity index (χ3n) is 6.02. The predicted octanol–water partition coefficient (Wildman–Crippen LogP) is 2.86. The normalized spacial score (nSPS) is 20.8. The number of thioether (sulfide) groups is 1. The number of carbonyl (C=O) groups excluding carboxylic acids is 2. The summed E-state index contributed by atoms with van der Waals surface area (Å²) in [6, 6.07) is 8.76. The Morgan fingerprint density at radius 1 is 1.15 bits per heavy atom. The molecule has 0 aliphatic carbocycles. The quantitative estimate of drug-likeness (QED) is 0.525. The van der Waals surface area contributed by atoms with Crippen LogP contribution < -0.4 is 14.8 Å². The standard InChI is InChI=1S/C24H31N3O5S2/c1-30-19-7-6-17(15-20(19)31-2)24-27(23(29)21-5-3-14-33-21)18(16-34-24)22(28)25-8-4-9-26-10-12-32-13-11-26/h3,5-7,14-15,18,24H,4,8-13,16H2,1-2H3,(H,25,28). The van der Waals surface area contributed by atoms with Gasteiger partial charge in [-0.15, -0.1) is 23.1 Å². The Bertz CT molecular complexity index is 966. The van der Waals surface area contributed by atoms with Gasteiger partial charge in [0.25, 0.3) is 5.91 Å². The molecular formula is C24H31N3O5S2. The van der Waals surface area contributed by atoms with Crippen LogP contribution in [0.2, 0.25) is 0 Å². The zero-order valence-electron chi connectivity index (χ0n) is 19.5. The van der Waals surface area contributed by atoms with E-state index in [0.717, 1.165) is 44.8 Å². The van der Waals surface area contributed by atoms with Crippen molar-refractivity contribution >= 4 is 34.9 Å². The van der Waals surface area contributed by atoms with Gasteiger partial charge in [-0.05, 0) is 42.1 Å². The summed E-state index contributed by atoms with van der Waals surface area (Å²) in [7, 11) is 3.18. The topological polar surface area (TPSA) is 80.3 Å². The van der Waals surface area contributed by atoms with E-state index in [4.69, 9.17) is 14.2 Å². The second-order valence-electron chi connectivity index (χ2n) is 8.10. The van der Waals surface area contributed by atoms with Crippen LogP contribution in [0.25, 0.3) is 0 Å². The molecule has 2 fully saturated rings. The molecular weight excluding hydrogens is 474 g/mol. The summed E-state index contributed by atoms with van der Waals surface area (Å²) in [6.07, 6.45) is 0.865. The molecule has 2 aliphatic heterocycles. The predicted molar refractivity (Wildman–Crippen MR) is 134 cm³/mol. The minimum atomic E-state index is -0.541. The Morgan fingerprint density at radius 3 is 2.65 bits per heavy atom. The Hall–Kier alpha value is -2.27. The molecule has 10 heteroatoms. The fourth-order valence-electron chi connectivity index (χ4n) is 4.20. The van der Waals surface area contributed by atoms with Crippen molar-refractivity contribution in [3.05, 3.63) is 46.2 Å². The summed E-state index contributed by atoms with van der Waals surface area (Å²) in [6.45, 7) is 4.91. The number of thiophene rings is 1. The molecule has 2 atom stereocenters. The van der Waals surface area contributed by atoms with E-state index in [-0.39, 0.29) is 17.2 Å². The first-order valence-electron chi connectivity index (χ1n) is 11.4. The van der Waals surface area contributed by atoms with E-state index < -0.39 is 6.04 Å². The fourth-order valence-corrected chi connectivity index (χ4v) is 6.29. The SMILES string of the molecule is COc1ccc(C2SCC(C(=O)NCCCN3CCOCC3)N2C(=O)c2cccs2)cc1OC. The van der Waals surface area contributed by atoms with Crippen LogP contribution in [0.5, 0.6) is 11.5 Å². The molecule has 8 nitrogen and oxygen atoms in total. The highest BCUT2D eigenvalue weighted by Gasteiger charge is 2.43. The molecule has 0 saturated carbocycles. The van der Waals surface area contributed by atoms with Gasteiger partial charge in [0.1, 0.15) is 11.4 Å². The van der Waals surface area contributed by atoms with Crippen LogP contribution in [0, 0.1) is 0 Å². The van der Waals surface area contributed by atoms with Crippen LogP contribution in [-0.4, -0.2) is 87.0 Å². The number of hydrogen-bond acceptors (Lipinski definition) is 8. The Balaban J connectivity index is 1.46. The molecule has 2 aromatic rings. The van der Waals surface area contributed by atoms with E-state index >= 15 is 0 Å². The lowest BCUT2D eigenvalue weighted by Gasteiger charge is -2.29. The number of morpholine rings is 1.